The minimum absolute atomic E-state index is 0.133. The Morgan fingerprint density at radius 2 is 1.83 bits per heavy atom. The Morgan fingerprint density at radius 1 is 1.28 bits per heavy atom. The molecule has 1 rings (SSSR count). The summed E-state index contributed by atoms with van der Waals surface area (Å²) in [5, 5.41) is 0. The summed E-state index contributed by atoms with van der Waals surface area (Å²) in [7, 11) is 1.37. The molecule has 1 aromatic rings. The molecule has 0 saturated heterocycles. The molecule has 100 valence electrons. The van der Waals surface area contributed by atoms with E-state index in [1.54, 1.807) is 6.92 Å². The van der Waals surface area contributed by atoms with Gasteiger partial charge in [0.15, 0.2) is 0 Å². The van der Waals surface area contributed by atoms with Gasteiger partial charge in [0, 0.05) is 0 Å². The number of benzene rings is 1. The number of hydrogen-bond acceptors (Lipinski definition) is 2. The lowest BCUT2D eigenvalue weighted by atomic mass is 9.73. The monoisotopic (exact) mass is 268 g/mol. The maximum absolute atomic E-state index is 11.7. The van der Waals surface area contributed by atoms with Gasteiger partial charge in [-0.25, -0.2) is 0 Å². The zero-order valence-corrected chi connectivity index (χ0v) is 12.3. The van der Waals surface area contributed by atoms with Crippen molar-refractivity contribution in [3.05, 3.63) is 35.9 Å². The molecular weight excluding hydrogens is 248 g/mol. The van der Waals surface area contributed by atoms with Crippen LogP contribution in [-0.4, -0.2) is 18.0 Å². The second-order valence-corrected chi connectivity index (χ2v) is 5.98. The van der Waals surface area contributed by atoms with Crippen LogP contribution in [0, 0.1) is 0 Å². The number of halogens is 1. The zero-order valence-electron chi connectivity index (χ0n) is 11.5. The third-order valence-corrected chi connectivity index (χ3v) is 3.87. The molecule has 0 aliphatic rings. The molecule has 0 amide bonds. The molecule has 18 heavy (non-hydrogen) atoms. The summed E-state index contributed by atoms with van der Waals surface area (Å²) in [5.74, 6) is -0.375. The highest BCUT2D eigenvalue weighted by Crippen LogP contribution is 2.38. The first-order valence-corrected chi connectivity index (χ1v) is 6.56. The number of alkyl halides is 1. The van der Waals surface area contributed by atoms with Crippen LogP contribution in [-0.2, 0) is 14.9 Å². The van der Waals surface area contributed by atoms with Crippen LogP contribution in [0.5, 0.6) is 0 Å². The molecule has 0 aliphatic carbocycles. The number of carbonyl (C=O) groups excluding carboxylic acids is 1. The molecule has 0 N–H and O–H groups in total. The zero-order chi connectivity index (χ0) is 13.8. The number of hydrogen-bond donors (Lipinski definition) is 0. The number of methoxy groups -OCH3 is 1. The smallest absolute Gasteiger partial charge is 0.326 e. The van der Waals surface area contributed by atoms with Crippen LogP contribution in [0.4, 0.5) is 0 Å². The molecular formula is C15H21ClO2. The van der Waals surface area contributed by atoms with E-state index in [9.17, 15) is 4.79 Å². The fourth-order valence-electron chi connectivity index (χ4n) is 2.29. The van der Waals surface area contributed by atoms with Gasteiger partial charge in [-0.15, -0.1) is 11.6 Å². The van der Waals surface area contributed by atoms with Gasteiger partial charge in [0.25, 0.3) is 0 Å². The second-order valence-electron chi connectivity index (χ2n) is 5.15. The van der Waals surface area contributed by atoms with Crippen molar-refractivity contribution in [1.82, 2.24) is 0 Å². The third-order valence-electron chi connectivity index (χ3n) is 3.58. The van der Waals surface area contributed by atoms with E-state index >= 15 is 0 Å². The van der Waals surface area contributed by atoms with Crippen molar-refractivity contribution >= 4 is 17.6 Å². The average Bonchev–Trinajstić information content (AvgIpc) is 2.38. The van der Waals surface area contributed by atoms with E-state index in [4.69, 9.17) is 16.3 Å². The summed E-state index contributed by atoms with van der Waals surface area (Å²) in [6.07, 6.45) is 1.46. The summed E-state index contributed by atoms with van der Waals surface area (Å²) in [4.78, 5) is 10.7. The molecule has 0 aromatic heterocycles. The molecule has 3 heteroatoms. The van der Waals surface area contributed by atoms with Gasteiger partial charge in [0.05, 0.1) is 7.11 Å². The normalized spacial score (nSPS) is 17.6. The van der Waals surface area contributed by atoms with Gasteiger partial charge in [-0.05, 0) is 30.7 Å². The van der Waals surface area contributed by atoms with Crippen LogP contribution in [0.2, 0.25) is 0 Å². The first-order valence-electron chi connectivity index (χ1n) is 6.18. The molecule has 0 heterocycles. The van der Waals surface area contributed by atoms with E-state index in [2.05, 4.69) is 26.0 Å². The fraction of sp³-hybridized carbons (Fsp3) is 0.533. The molecule has 2 unspecified atom stereocenters. The van der Waals surface area contributed by atoms with Crippen LogP contribution in [0.3, 0.4) is 0 Å². The maximum Gasteiger partial charge on any atom is 0.326 e. The molecule has 0 saturated carbocycles. The lowest BCUT2D eigenvalue weighted by molar-refractivity contribution is -0.144. The first-order chi connectivity index (χ1) is 8.35. The van der Waals surface area contributed by atoms with E-state index in [0.29, 0.717) is 6.42 Å². The van der Waals surface area contributed by atoms with Crippen molar-refractivity contribution in [2.75, 3.05) is 7.11 Å². The lowest BCUT2D eigenvalue weighted by Gasteiger charge is -2.34. The highest BCUT2D eigenvalue weighted by Gasteiger charge is 2.40. The Morgan fingerprint density at radius 3 is 2.28 bits per heavy atom. The number of esters is 1. The minimum atomic E-state index is -0.991. The topological polar surface area (TPSA) is 26.3 Å². The van der Waals surface area contributed by atoms with E-state index in [0.717, 1.165) is 6.42 Å². The molecule has 0 bridgehead atoms. The predicted molar refractivity (Wildman–Crippen MR) is 75.0 cm³/mol. The van der Waals surface area contributed by atoms with Crippen molar-refractivity contribution in [3.63, 3.8) is 0 Å². The summed E-state index contributed by atoms with van der Waals surface area (Å²) in [6.45, 7) is 5.96. The summed E-state index contributed by atoms with van der Waals surface area (Å²) in [6, 6.07) is 10.2. The Bertz CT molecular complexity index is 400. The van der Waals surface area contributed by atoms with E-state index in [1.165, 1.54) is 12.7 Å². The summed E-state index contributed by atoms with van der Waals surface area (Å²) < 4.78 is 4.77. The van der Waals surface area contributed by atoms with Gasteiger partial charge in [-0.3, -0.25) is 4.79 Å². The first kappa shape index (κ1) is 15.0. The highest BCUT2D eigenvalue weighted by molar-refractivity contribution is 6.33. The van der Waals surface area contributed by atoms with Gasteiger partial charge >= 0.3 is 5.97 Å². The van der Waals surface area contributed by atoms with E-state index in [-0.39, 0.29) is 11.4 Å². The van der Waals surface area contributed by atoms with Gasteiger partial charge in [-0.1, -0.05) is 44.2 Å². The minimum Gasteiger partial charge on any atom is -0.468 e. The maximum atomic E-state index is 11.7. The Labute approximate surface area is 114 Å². The van der Waals surface area contributed by atoms with Gasteiger partial charge < -0.3 is 4.74 Å². The van der Waals surface area contributed by atoms with Crippen molar-refractivity contribution in [1.29, 1.82) is 0 Å². The fourth-order valence-corrected chi connectivity index (χ4v) is 2.66. The van der Waals surface area contributed by atoms with Crippen molar-refractivity contribution in [3.8, 4) is 0 Å². The Balaban J connectivity index is 3.01. The van der Waals surface area contributed by atoms with Crippen LogP contribution in [0.25, 0.3) is 0 Å². The van der Waals surface area contributed by atoms with Crippen LogP contribution >= 0.6 is 11.6 Å². The Kier molecular flexibility index (Phi) is 4.80. The van der Waals surface area contributed by atoms with Crippen LogP contribution in [0.1, 0.15) is 39.2 Å². The quantitative estimate of drug-likeness (QED) is 0.598. The van der Waals surface area contributed by atoms with E-state index < -0.39 is 4.87 Å². The van der Waals surface area contributed by atoms with Gasteiger partial charge in [-0.2, -0.15) is 0 Å². The molecule has 0 spiro atoms. The second kappa shape index (κ2) is 5.75. The highest BCUT2D eigenvalue weighted by atomic mass is 35.5. The molecule has 2 nitrogen and oxygen atoms in total. The lowest BCUT2D eigenvalue weighted by Crippen LogP contribution is -2.38. The molecule has 2 atom stereocenters. The third kappa shape index (κ3) is 3.26. The Hall–Kier alpha value is -1.02. The summed E-state index contributed by atoms with van der Waals surface area (Å²) in [5.41, 5.74) is 1.06. The SMILES string of the molecule is CCC(C)(CC(C)(Cl)C(=O)OC)c1ccccc1. The molecule has 0 aliphatic heterocycles. The standard InChI is InChI=1S/C15H21ClO2/c1-5-14(2,12-9-7-6-8-10-12)11-15(3,16)13(17)18-4/h6-10H,5,11H2,1-4H3. The molecule has 0 fully saturated rings. The predicted octanol–water partition coefficient (Wildman–Crippen LogP) is 3.91. The van der Waals surface area contributed by atoms with Crippen molar-refractivity contribution < 1.29 is 9.53 Å². The summed E-state index contributed by atoms with van der Waals surface area (Å²) >= 11 is 6.33. The van der Waals surface area contributed by atoms with Crippen LogP contribution < -0.4 is 0 Å². The largest absolute Gasteiger partial charge is 0.468 e. The average molecular weight is 269 g/mol. The number of ether oxygens (including phenoxy) is 1. The number of carbonyl (C=O) groups is 1. The molecule has 0 radical (unpaired) electrons. The van der Waals surface area contributed by atoms with Crippen LogP contribution in [0.15, 0.2) is 30.3 Å². The van der Waals surface area contributed by atoms with Gasteiger partial charge in [0.2, 0.25) is 0 Å². The van der Waals surface area contributed by atoms with Crippen molar-refractivity contribution in [2.24, 2.45) is 0 Å². The molecule has 1 aromatic carbocycles. The van der Waals surface area contributed by atoms with Crippen molar-refractivity contribution in [2.45, 2.75) is 43.9 Å². The number of rotatable bonds is 5. The van der Waals surface area contributed by atoms with E-state index in [1.807, 2.05) is 18.2 Å². The van der Waals surface area contributed by atoms with Gasteiger partial charge in [0.1, 0.15) is 4.87 Å².